The van der Waals surface area contributed by atoms with Gasteiger partial charge in [0, 0.05) is 52.8 Å². The molecular weight excluding hydrogens is 939 g/mol. The summed E-state index contributed by atoms with van der Waals surface area (Å²) >= 11 is 0. The molecule has 10 rings (SSSR count). The van der Waals surface area contributed by atoms with Crippen LogP contribution in [0.3, 0.4) is 0 Å². The van der Waals surface area contributed by atoms with Gasteiger partial charge >= 0.3 is 0 Å². The topological polar surface area (TPSA) is 37.8 Å². The first-order valence-corrected chi connectivity index (χ1v) is 26.3. The lowest BCUT2D eigenvalue weighted by molar-refractivity contribution is 0.234. The first-order chi connectivity index (χ1) is 37.5. The number of aryl methyl sites for hydroxylation is 5. The van der Waals surface area contributed by atoms with Crippen molar-refractivity contribution in [3.63, 3.8) is 0 Å². The highest BCUT2D eigenvalue weighted by Gasteiger charge is 2.18. The summed E-state index contributed by atoms with van der Waals surface area (Å²) in [7, 11) is 3.34. The second-order valence-corrected chi connectivity index (χ2v) is 19.0. The van der Waals surface area contributed by atoms with Gasteiger partial charge in [-0.2, -0.15) is 0 Å². The van der Waals surface area contributed by atoms with E-state index in [0.717, 1.165) is 52.0 Å². The summed E-state index contributed by atoms with van der Waals surface area (Å²) in [5.74, 6) is 0.968. The molecule has 0 amide bonds. The van der Waals surface area contributed by atoms with Crippen LogP contribution >= 0.6 is 0 Å². The van der Waals surface area contributed by atoms with E-state index in [4.69, 9.17) is 9.47 Å². The quantitative estimate of drug-likeness (QED) is 0.0901. The number of para-hydroxylation sites is 1. The predicted molar refractivity (Wildman–Crippen MR) is 331 cm³/mol. The van der Waals surface area contributed by atoms with Crippen molar-refractivity contribution in [1.82, 2.24) is 4.98 Å². The average Bonchev–Trinajstić information content (AvgIpc) is 3.49. The molecule has 1 heterocycles. The van der Waals surface area contributed by atoms with Crippen LogP contribution < -0.4 is 9.80 Å². The standard InChI is InChI=1S/C52H44N2.C10H9N.2C5H10O/c1-37-19-27-43(28-20-37)53(44-29-21-38(2)22-30-44)47-13-9-11-41(35-47)49-15-5-7-17-51(49)52-18-8-6-16-50(52)42-12-10-14-48(36-42)54(45-31-23-39(3)24-32-45)46-33-25-40(4)26-34-46;1-8-4-2-5-9-6-3-7-11-10(8)9;1-4-5(2)6-3;1-3-4-5-6-2/h5-36H,1-4H3;2-7H,1H3;4H,1-3H3;3-4H,5H2,1-2H3/b;;5-4+;4-3-. The molecule has 5 nitrogen and oxygen atoms in total. The van der Waals surface area contributed by atoms with Crippen molar-refractivity contribution in [3.8, 4) is 33.4 Å². The molecule has 388 valence electrons. The van der Waals surface area contributed by atoms with Crippen LogP contribution in [0.25, 0.3) is 44.3 Å². The molecule has 0 aliphatic heterocycles. The first-order valence-electron chi connectivity index (χ1n) is 26.3. The number of pyridine rings is 1. The summed E-state index contributed by atoms with van der Waals surface area (Å²) < 4.78 is 9.46. The predicted octanol–water partition coefficient (Wildman–Crippen LogP) is 20.2. The highest BCUT2D eigenvalue weighted by molar-refractivity contribution is 5.94. The number of aromatic nitrogens is 1. The number of fused-ring (bicyclic) bond motifs is 1. The van der Waals surface area contributed by atoms with Gasteiger partial charge in [0.2, 0.25) is 0 Å². The summed E-state index contributed by atoms with van der Waals surface area (Å²) in [5, 5.41) is 1.22. The fourth-order valence-electron chi connectivity index (χ4n) is 8.80. The lowest BCUT2D eigenvalue weighted by Crippen LogP contribution is -2.10. The minimum atomic E-state index is 0.733. The van der Waals surface area contributed by atoms with Crippen molar-refractivity contribution in [3.05, 3.63) is 282 Å². The Morgan fingerprint density at radius 1 is 0.429 bits per heavy atom. The Balaban J connectivity index is 0.000000309. The van der Waals surface area contributed by atoms with Crippen LogP contribution in [-0.4, -0.2) is 25.8 Å². The van der Waals surface area contributed by atoms with Gasteiger partial charge in [0.05, 0.1) is 25.0 Å². The first kappa shape index (κ1) is 56.0. The van der Waals surface area contributed by atoms with E-state index in [1.54, 1.807) is 14.2 Å². The maximum atomic E-state index is 4.76. The molecule has 9 aromatic carbocycles. The molecule has 10 aromatic rings. The monoisotopic (exact) mass is 1010 g/mol. The molecule has 0 aliphatic carbocycles. The largest absolute Gasteiger partial charge is 0.502 e. The Bertz CT molecular complexity index is 3210. The number of anilines is 6. The molecule has 0 saturated carbocycles. The molecule has 0 radical (unpaired) electrons. The van der Waals surface area contributed by atoms with Gasteiger partial charge in [0.15, 0.2) is 0 Å². The van der Waals surface area contributed by atoms with Gasteiger partial charge in [0.25, 0.3) is 0 Å². The van der Waals surface area contributed by atoms with Crippen molar-refractivity contribution in [2.75, 3.05) is 30.6 Å². The van der Waals surface area contributed by atoms with Crippen LogP contribution in [0.15, 0.2) is 255 Å². The second-order valence-electron chi connectivity index (χ2n) is 19.0. The maximum absolute atomic E-state index is 4.76. The third-order valence-corrected chi connectivity index (χ3v) is 13.2. The maximum Gasteiger partial charge on any atom is 0.0882 e. The Morgan fingerprint density at radius 2 is 0.818 bits per heavy atom. The molecule has 0 unspecified atom stereocenters. The summed E-state index contributed by atoms with van der Waals surface area (Å²) in [6.07, 6.45) is 7.67. The minimum Gasteiger partial charge on any atom is -0.502 e. The SMILES string of the molecule is C/C=C(\C)OC.C/C=C\COC.Cc1ccc(N(c2ccc(C)cc2)c2cccc(-c3ccccc3-c3ccccc3-c3cccc(N(c4ccc(C)cc4)c4ccc(C)cc4)c3)c2)cc1.Cc1cccc2cccnc12. The Labute approximate surface area is 459 Å². The van der Waals surface area contributed by atoms with Crippen LogP contribution in [0, 0.1) is 34.6 Å². The molecule has 5 heteroatoms. The van der Waals surface area contributed by atoms with E-state index in [9.17, 15) is 0 Å². The third-order valence-electron chi connectivity index (χ3n) is 13.2. The van der Waals surface area contributed by atoms with Crippen LogP contribution in [0.2, 0.25) is 0 Å². The van der Waals surface area contributed by atoms with E-state index in [2.05, 4.69) is 268 Å². The second kappa shape index (κ2) is 28.2. The lowest BCUT2D eigenvalue weighted by Gasteiger charge is -2.27. The van der Waals surface area contributed by atoms with Crippen molar-refractivity contribution in [1.29, 1.82) is 0 Å². The number of hydrogen-bond donors (Lipinski definition) is 0. The third kappa shape index (κ3) is 15.2. The molecule has 1 aromatic heterocycles. The molecule has 0 spiro atoms. The summed E-state index contributed by atoms with van der Waals surface area (Å²) in [4.78, 5) is 8.97. The van der Waals surface area contributed by atoms with E-state index in [-0.39, 0.29) is 0 Å². The average molecular weight is 1010 g/mol. The van der Waals surface area contributed by atoms with Crippen molar-refractivity contribution >= 4 is 45.0 Å². The zero-order chi connectivity index (χ0) is 54.5. The van der Waals surface area contributed by atoms with Gasteiger partial charge in [-0.3, -0.25) is 4.98 Å². The molecule has 0 bridgehead atoms. The zero-order valence-corrected chi connectivity index (χ0v) is 46.5. The fraction of sp³-hybridized carbons (Fsp3) is 0.153. The molecular formula is C72H73N3O2. The minimum absolute atomic E-state index is 0.733. The van der Waals surface area contributed by atoms with Crippen molar-refractivity contribution in [2.45, 2.75) is 55.4 Å². The Hall–Kier alpha value is -8.77. The van der Waals surface area contributed by atoms with E-state index in [1.807, 2.05) is 51.3 Å². The Kier molecular flexibility index (Phi) is 20.5. The number of methoxy groups -OCH3 is 2. The van der Waals surface area contributed by atoms with E-state index in [1.165, 1.54) is 66.6 Å². The molecule has 0 atom stereocenters. The van der Waals surface area contributed by atoms with Crippen LogP contribution in [0.4, 0.5) is 34.1 Å². The van der Waals surface area contributed by atoms with E-state index >= 15 is 0 Å². The molecule has 0 fully saturated rings. The molecule has 0 N–H and O–H groups in total. The Morgan fingerprint density at radius 3 is 1.16 bits per heavy atom. The van der Waals surface area contributed by atoms with Crippen molar-refractivity contribution < 1.29 is 9.47 Å². The molecule has 77 heavy (non-hydrogen) atoms. The van der Waals surface area contributed by atoms with Crippen LogP contribution in [-0.2, 0) is 9.47 Å². The van der Waals surface area contributed by atoms with Gasteiger partial charge < -0.3 is 19.3 Å². The zero-order valence-electron chi connectivity index (χ0n) is 46.5. The number of rotatable bonds is 12. The number of ether oxygens (including phenoxy) is 2. The molecule has 0 aliphatic rings. The highest BCUT2D eigenvalue weighted by Crippen LogP contribution is 2.43. The normalized spacial score (nSPS) is 10.9. The van der Waals surface area contributed by atoms with Gasteiger partial charge in [-0.25, -0.2) is 0 Å². The van der Waals surface area contributed by atoms with Crippen LogP contribution in [0.1, 0.15) is 48.6 Å². The number of nitrogens with zero attached hydrogens (tertiary/aromatic N) is 3. The van der Waals surface area contributed by atoms with Crippen LogP contribution in [0.5, 0.6) is 0 Å². The number of hydrogen-bond acceptors (Lipinski definition) is 5. The van der Waals surface area contributed by atoms with Gasteiger partial charge in [0.1, 0.15) is 0 Å². The smallest absolute Gasteiger partial charge is 0.0882 e. The lowest BCUT2D eigenvalue weighted by atomic mass is 9.89. The summed E-state index contributed by atoms with van der Waals surface area (Å²) in [6.45, 7) is 17.2. The van der Waals surface area contributed by atoms with Crippen molar-refractivity contribution in [2.24, 2.45) is 0 Å². The van der Waals surface area contributed by atoms with E-state index in [0.29, 0.717) is 0 Å². The van der Waals surface area contributed by atoms with E-state index < -0.39 is 0 Å². The summed E-state index contributed by atoms with van der Waals surface area (Å²) in [5.41, 5.74) is 21.2. The fourth-order valence-corrected chi connectivity index (χ4v) is 8.80. The summed E-state index contributed by atoms with van der Waals surface area (Å²) in [6, 6.07) is 80.9. The van der Waals surface area contributed by atoms with Gasteiger partial charge in [-0.15, -0.1) is 0 Å². The number of allylic oxidation sites excluding steroid dienone is 3. The van der Waals surface area contributed by atoms with Gasteiger partial charge in [-0.05, 0) is 173 Å². The van der Waals surface area contributed by atoms with Gasteiger partial charge in [-0.1, -0.05) is 186 Å². The molecule has 0 saturated heterocycles. The number of benzene rings is 9. The highest BCUT2D eigenvalue weighted by atomic mass is 16.5.